The van der Waals surface area contributed by atoms with E-state index in [2.05, 4.69) is 20.0 Å². The summed E-state index contributed by atoms with van der Waals surface area (Å²) >= 11 is 0. The van der Waals surface area contributed by atoms with Gasteiger partial charge in [-0.3, -0.25) is 0 Å². The lowest BCUT2D eigenvalue weighted by atomic mass is 10.9. The van der Waals surface area contributed by atoms with Crippen LogP contribution in [0, 0.1) is 6.92 Å². The van der Waals surface area contributed by atoms with Gasteiger partial charge in [-0.25, -0.2) is 0 Å². The summed E-state index contributed by atoms with van der Waals surface area (Å²) in [5.41, 5.74) is 0. The highest BCUT2D eigenvalue weighted by atomic mass is 28.3. The summed E-state index contributed by atoms with van der Waals surface area (Å²) in [5, 5.41) is 0. The molecule has 0 aliphatic heterocycles. The summed E-state index contributed by atoms with van der Waals surface area (Å²) in [6.45, 7) is 8.44. The Morgan fingerprint density at radius 3 is 2.17 bits per heavy atom. The molecular weight excluding hydrogens is 92.1 g/mol. The lowest BCUT2D eigenvalue weighted by Gasteiger charge is -1.98. The summed E-state index contributed by atoms with van der Waals surface area (Å²) in [7, 11) is -0.733. The van der Waals surface area contributed by atoms with Crippen LogP contribution < -0.4 is 0 Å². The third kappa shape index (κ3) is 4.18. The second-order valence-electron chi connectivity index (χ2n) is 1.42. The van der Waals surface area contributed by atoms with Crippen molar-refractivity contribution >= 4 is 9.04 Å². The normalized spacial score (nSPS) is 10.0. The van der Waals surface area contributed by atoms with Gasteiger partial charge in [-0.05, 0) is 20.0 Å². The van der Waals surface area contributed by atoms with E-state index < -0.39 is 9.04 Å². The highest BCUT2D eigenvalue weighted by Gasteiger charge is 1.87. The van der Waals surface area contributed by atoms with E-state index in [4.69, 9.17) is 4.43 Å². The number of rotatable bonds is 2. The maximum Gasteiger partial charge on any atom is 0.170 e. The molecule has 0 atom stereocenters. The molecule has 37 valence electrons. The Kier molecular flexibility index (Phi) is 3.47. The molecule has 0 amide bonds. The van der Waals surface area contributed by atoms with E-state index in [-0.39, 0.29) is 0 Å². The van der Waals surface area contributed by atoms with Gasteiger partial charge in [-0.1, -0.05) is 0 Å². The van der Waals surface area contributed by atoms with Gasteiger partial charge in [0, 0.05) is 6.61 Å². The van der Waals surface area contributed by atoms with Crippen molar-refractivity contribution in [2.75, 3.05) is 6.61 Å². The molecule has 0 saturated carbocycles. The molecule has 1 nitrogen and oxygen atoms in total. The van der Waals surface area contributed by atoms with Crippen LogP contribution in [-0.4, -0.2) is 15.6 Å². The molecule has 0 bridgehead atoms. The van der Waals surface area contributed by atoms with E-state index in [1.165, 1.54) is 0 Å². The minimum atomic E-state index is -0.733. The van der Waals surface area contributed by atoms with E-state index in [0.29, 0.717) is 6.61 Å². The fraction of sp³-hybridized carbons (Fsp3) is 0.750. The smallest absolute Gasteiger partial charge is 0.170 e. The van der Waals surface area contributed by atoms with Crippen LogP contribution in [0.3, 0.4) is 0 Å². The molecule has 2 heteroatoms. The SMILES string of the molecule is [CH2]CO[SiH](C)C. The Hall–Kier alpha value is 0.177. The largest absolute Gasteiger partial charge is 0.421 e. The fourth-order valence-corrected chi connectivity index (χ4v) is 0.707. The van der Waals surface area contributed by atoms with Gasteiger partial charge >= 0.3 is 0 Å². The first kappa shape index (κ1) is 6.18. The zero-order chi connectivity index (χ0) is 4.99. The lowest BCUT2D eigenvalue weighted by molar-refractivity contribution is 0.372. The zero-order valence-corrected chi connectivity index (χ0v) is 5.55. The molecule has 0 aromatic heterocycles. The van der Waals surface area contributed by atoms with Gasteiger partial charge in [0.2, 0.25) is 0 Å². The molecule has 0 rings (SSSR count). The second-order valence-corrected chi connectivity index (χ2v) is 3.85. The van der Waals surface area contributed by atoms with Crippen molar-refractivity contribution < 1.29 is 4.43 Å². The van der Waals surface area contributed by atoms with E-state index >= 15 is 0 Å². The Balaban J connectivity index is 2.63. The monoisotopic (exact) mass is 103 g/mol. The summed E-state index contributed by atoms with van der Waals surface area (Å²) < 4.78 is 5.07. The van der Waals surface area contributed by atoms with Crippen molar-refractivity contribution in [3.63, 3.8) is 0 Å². The lowest BCUT2D eigenvalue weighted by Crippen LogP contribution is -2.05. The van der Waals surface area contributed by atoms with Crippen LogP contribution in [0.1, 0.15) is 0 Å². The Morgan fingerprint density at radius 2 is 2.17 bits per heavy atom. The third-order valence-electron chi connectivity index (χ3n) is 0.451. The molecule has 0 unspecified atom stereocenters. The van der Waals surface area contributed by atoms with E-state index in [1.54, 1.807) is 0 Å². The van der Waals surface area contributed by atoms with Gasteiger partial charge < -0.3 is 4.43 Å². The predicted octanol–water partition coefficient (Wildman–Crippen LogP) is 0.820. The molecule has 6 heavy (non-hydrogen) atoms. The summed E-state index contributed by atoms with van der Waals surface area (Å²) in [4.78, 5) is 0. The van der Waals surface area contributed by atoms with Crippen molar-refractivity contribution in [1.82, 2.24) is 0 Å². The minimum Gasteiger partial charge on any atom is -0.421 e. The maximum absolute atomic E-state index is 5.07. The highest BCUT2D eigenvalue weighted by molar-refractivity contribution is 6.48. The van der Waals surface area contributed by atoms with Crippen molar-refractivity contribution in [2.45, 2.75) is 13.1 Å². The first-order valence-electron chi connectivity index (χ1n) is 2.18. The van der Waals surface area contributed by atoms with Crippen molar-refractivity contribution in [1.29, 1.82) is 0 Å². The van der Waals surface area contributed by atoms with E-state index in [0.717, 1.165) is 0 Å². The first-order chi connectivity index (χ1) is 2.77. The van der Waals surface area contributed by atoms with Crippen molar-refractivity contribution in [3.05, 3.63) is 6.92 Å². The number of hydrogen-bond acceptors (Lipinski definition) is 1. The summed E-state index contributed by atoms with van der Waals surface area (Å²) in [6, 6.07) is 0. The van der Waals surface area contributed by atoms with Gasteiger partial charge in [-0.15, -0.1) is 0 Å². The van der Waals surface area contributed by atoms with E-state index in [1.807, 2.05) is 0 Å². The Bertz CT molecular complexity index is 28.7. The van der Waals surface area contributed by atoms with Gasteiger partial charge in [0.25, 0.3) is 0 Å². The molecule has 0 N–H and O–H groups in total. The zero-order valence-electron chi connectivity index (χ0n) is 4.40. The molecule has 0 saturated heterocycles. The molecule has 0 spiro atoms. The minimum absolute atomic E-state index is 0.643. The average Bonchev–Trinajstić information content (AvgIpc) is 1.35. The van der Waals surface area contributed by atoms with Crippen LogP contribution >= 0.6 is 0 Å². The molecule has 0 aromatic carbocycles. The van der Waals surface area contributed by atoms with Crippen molar-refractivity contribution in [2.24, 2.45) is 0 Å². The molecule has 0 aliphatic carbocycles. The van der Waals surface area contributed by atoms with Gasteiger partial charge in [-0.2, -0.15) is 0 Å². The molecule has 0 aromatic rings. The Labute approximate surface area is 41.0 Å². The van der Waals surface area contributed by atoms with Gasteiger partial charge in [0.05, 0.1) is 0 Å². The second kappa shape index (κ2) is 3.37. The van der Waals surface area contributed by atoms with Gasteiger partial charge in [0.1, 0.15) is 0 Å². The average molecular weight is 103 g/mol. The van der Waals surface area contributed by atoms with Crippen LogP contribution in [-0.2, 0) is 4.43 Å². The predicted molar refractivity (Wildman–Crippen MR) is 30.2 cm³/mol. The summed E-state index contributed by atoms with van der Waals surface area (Å²) in [6.07, 6.45) is 0. The summed E-state index contributed by atoms with van der Waals surface area (Å²) in [5.74, 6) is 0. The van der Waals surface area contributed by atoms with Crippen molar-refractivity contribution in [3.8, 4) is 0 Å². The maximum atomic E-state index is 5.07. The quantitative estimate of drug-likeness (QED) is 0.470. The topological polar surface area (TPSA) is 9.23 Å². The van der Waals surface area contributed by atoms with Crippen LogP contribution in [0.5, 0.6) is 0 Å². The molecular formula is C4H11OSi. The molecule has 0 aliphatic rings. The standard InChI is InChI=1S/C4H11OSi/c1-4-5-6(2)3/h6H,1,4H2,2-3H3. The molecule has 1 radical (unpaired) electrons. The van der Waals surface area contributed by atoms with Gasteiger partial charge in [0.15, 0.2) is 9.04 Å². The van der Waals surface area contributed by atoms with Crippen LogP contribution in [0.15, 0.2) is 0 Å². The first-order valence-corrected chi connectivity index (χ1v) is 4.96. The third-order valence-corrected chi connectivity index (χ3v) is 1.35. The molecule has 0 fully saturated rings. The van der Waals surface area contributed by atoms with Crippen LogP contribution in [0.25, 0.3) is 0 Å². The van der Waals surface area contributed by atoms with E-state index in [9.17, 15) is 0 Å². The Morgan fingerprint density at radius 1 is 1.67 bits per heavy atom. The fourth-order valence-electron chi connectivity index (χ4n) is 0.236. The molecule has 0 heterocycles. The number of hydrogen-bond donors (Lipinski definition) is 0. The highest BCUT2D eigenvalue weighted by Crippen LogP contribution is 1.78. The van der Waals surface area contributed by atoms with Crippen LogP contribution in [0.4, 0.5) is 0 Å². The van der Waals surface area contributed by atoms with Crippen LogP contribution in [0.2, 0.25) is 13.1 Å².